The van der Waals surface area contributed by atoms with E-state index in [4.69, 9.17) is 14.2 Å². The predicted molar refractivity (Wildman–Crippen MR) is 335 cm³/mol. The van der Waals surface area contributed by atoms with Crippen molar-refractivity contribution >= 4 is 17.9 Å². The summed E-state index contributed by atoms with van der Waals surface area (Å²) < 4.78 is 16.9. The summed E-state index contributed by atoms with van der Waals surface area (Å²) in [5.41, 5.74) is 0. The van der Waals surface area contributed by atoms with Crippen LogP contribution in [0.3, 0.4) is 0 Å². The molecule has 1 atom stereocenters. The van der Waals surface area contributed by atoms with Crippen LogP contribution < -0.4 is 0 Å². The normalized spacial score (nSPS) is 12.2. The first-order valence-corrected chi connectivity index (χ1v) is 34.5. The van der Waals surface area contributed by atoms with Crippen molar-refractivity contribution in [1.82, 2.24) is 0 Å². The second-order valence-corrected chi connectivity index (χ2v) is 23.4. The van der Waals surface area contributed by atoms with E-state index in [0.29, 0.717) is 19.3 Å². The van der Waals surface area contributed by atoms with Gasteiger partial charge >= 0.3 is 17.9 Å². The van der Waals surface area contributed by atoms with Gasteiger partial charge in [0.05, 0.1) is 0 Å². The average Bonchev–Trinajstić information content (AvgIpc) is 3.43. The molecule has 0 saturated heterocycles. The van der Waals surface area contributed by atoms with E-state index in [1.54, 1.807) is 0 Å². The van der Waals surface area contributed by atoms with Crippen molar-refractivity contribution in [2.75, 3.05) is 13.2 Å². The Hall–Kier alpha value is -2.37. The van der Waals surface area contributed by atoms with Gasteiger partial charge in [-0.15, -0.1) is 0 Å². The van der Waals surface area contributed by atoms with Gasteiger partial charge in [0.15, 0.2) is 6.10 Å². The number of rotatable bonds is 64. The van der Waals surface area contributed by atoms with Crippen LogP contribution in [0, 0.1) is 0 Å². The molecule has 77 heavy (non-hydrogen) atoms. The molecule has 6 nitrogen and oxygen atoms in total. The lowest BCUT2D eigenvalue weighted by atomic mass is 10.0. The molecule has 0 heterocycles. The molecule has 0 aliphatic rings. The van der Waals surface area contributed by atoms with E-state index < -0.39 is 6.10 Å². The van der Waals surface area contributed by atoms with Crippen molar-refractivity contribution in [2.24, 2.45) is 0 Å². The molecule has 0 radical (unpaired) electrons. The molecule has 0 rings (SSSR count). The molecule has 452 valence electrons. The molecule has 0 aliphatic carbocycles. The molecule has 6 heteroatoms. The number of hydrogen-bond donors (Lipinski definition) is 0. The minimum absolute atomic E-state index is 0.0725. The summed E-state index contributed by atoms with van der Waals surface area (Å²) in [5.74, 6) is -0.865. The molecule has 1 unspecified atom stereocenters. The minimum atomic E-state index is -0.775. The van der Waals surface area contributed by atoms with Crippen molar-refractivity contribution < 1.29 is 28.6 Å². The Labute approximate surface area is 480 Å². The third-order valence-corrected chi connectivity index (χ3v) is 15.6. The van der Waals surface area contributed by atoms with Crippen molar-refractivity contribution in [3.05, 3.63) is 36.5 Å². The van der Waals surface area contributed by atoms with Crippen molar-refractivity contribution in [3.63, 3.8) is 0 Å². The largest absolute Gasteiger partial charge is 0.462 e. The highest BCUT2D eigenvalue weighted by atomic mass is 16.6. The molecule has 0 aliphatic heterocycles. The first-order chi connectivity index (χ1) is 38.0. The van der Waals surface area contributed by atoms with Gasteiger partial charge in [0.25, 0.3) is 0 Å². The zero-order chi connectivity index (χ0) is 55.7. The molecule has 0 N–H and O–H groups in total. The summed E-state index contributed by atoms with van der Waals surface area (Å²) in [6.07, 6.45) is 81.9. The summed E-state index contributed by atoms with van der Waals surface area (Å²) in [6.45, 7) is 6.62. The maximum Gasteiger partial charge on any atom is 0.306 e. The Kier molecular flexibility index (Phi) is 64.1. The van der Waals surface area contributed by atoms with Gasteiger partial charge in [-0.25, -0.2) is 0 Å². The highest BCUT2D eigenvalue weighted by Gasteiger charge is 2.19. The van der Waals surface area contributed by atoms with Gasteiger partial charge < -0.3 is 14.2 Å². The lowest BCUT2D eigenvalue weighted by Gasteiger charge is -2.18. The van der Waals surface area contributed by atoms with Crippen LogP contribution in [0.1, 0.15) is 380 Å². The smallest absolute Gasteiger partial charge is 0.306 e. The number of carbonyl (C=O) groups is 3. The van der Waals surface area contributed by atoms with Crippen molar-refractivity contribution in [1.29, 1.82) is 0 Å². The first kappa shape index (κ1) is 74.6. The highest BCUT2D eigenvalue weighted by molar-refractivity contribution is 5.71. The van der Waals surface area contributed by atoms with E-state index in [1.807, 2.05) is 0 Å². The standard InChI is InChI=1S/C71H132O6/c1-4-7-10-13-16-19-22-24-26-28-30-31-32-33-34-35-36-37-38-39-40-41-42-44-45-47-49-52-55-58-61-64-70(73)76-67-68(66-75-69(72)63-60-57-54-51-21-18-15-12-9-6-3)77-71(74)65-62-59-56-53-50-48-46-43-29-27-25-23-20-17-14-11-8-5-2/h12,15,27-30,68H,4-11,13-14,16-26,31-67H2,1-3H3/b15-12-,29-27-,30-28-. The van der Waals surface area contributed by atoms with Gasteiger partial charge in [-0.05, 0) is 89.9 Å². The summed E-state index contributed by atoms with van der Waals surface area (Å²) in [6, 6.07) is 0. The minimum Gasteiger partial charge on any atom is -0.462 e. The number of allylic oxidation sites excluding steroid dienone is 6. The van der Waals surface area contributed by atoms with E-state index in [2.05, 4.69) is 57.2 Å². The van der Waals surface area contributed by atoms with Gasteiger partial charge in [-0.1, -0.05) is 308 Å². The van der Waals surface area contributed by atoms with Crippen molar-refractivity contribution in [3.8, 4) is 0 Å². The number of hydrogen-bond acceptors (Lipinski definition) is 6. The zero-order valence-corrected chi connectivity index (χ0v) is 52.0. The molecule has 0 amide bonds. The fourth-order valence-electron chi connectivity index (χ4n) is 10.4. The third kappa shape index (κ3) is 64.3. The molecular formula is C71H132O6. The number of unbranched alkanes of at least 4 members (excludes halogenated alkanes) is 47. The molecule has 0 fully saturated rings. The van der Waals surface area contributed by atoms with E-state index in [1.165, 1.54) is 270 Å². The van der Waals surface area contributed by atoms with Crippen LogP contribution >= 0.6 is 0 Å². The van der Waals surface area contributed by atoms with Crippen LogP contribution in [0.25, 0.3) is 0 Å². The van der Waals surface area contributed by atoms with Crippen LogP contribution in [0.4, 0.5) is 0 Å². The van der Waals surface area contributed by atoms with Crippen LogP contribution in [0.2, 0.25) is 0 Å². The van der Waals surface area contributed by atoms with Crippen LogP contribution in [0.15, 0.2) is 36.5 Å². The first-order valence-electron chi connectivity index (χ1n) is 34.5. The highest BCUT2D eigenvalue weighted by Crippen LogP contribution is 2.18. The fourth-order valence-corrected chi connectivity index (χ4v) is 10.4. The monoisotopic (exact) mass is 1080 g/mol. The van der Waals surface area contributed by atoms with E-state index in [-0.39, 0.29) is 31.1 Å². The maximum absolute atomic E-state index is 12.9. The van der Waals surface area contributed by atoms with E-state index >= 15 is 0 Å². The van der Waals surface area contributed by atoms with Gasteiger partial charge in [-0.2, -0.15) is 0 Å². The second-order valence-electron chi connectivity index (χ2n) is 23.4. The molecule has 0 aromatic carbocycles. The molecule has 0 bridgehead atoms. The molecule has 0 saturated carbocycles. The summed E-state index contributed by atoms with van der Waals surface area (Å²) in [4.78, 5) is 38.2. The quantitative estimate of drug-likeness (QED) is 0.0261. The Balaban J connectivity index is 4.08. The summed E-state index contributed by atoms with van der Waals surface area (Å²) in [5, 5.41) is 0. The Morgan fingerprint density at radius 3 is 0.701 bits per heavy atom. The van der Waals surface area contributed by atoms with Gasteiger partial charge in [0.1, 0.15) is 13.2 Å². The molecule has 0 aromatic heterocycles. The van der Waals surface area contributed by atoms with Gasteiger partial charge in [-0.3, -0.25) is 14.4 Å². The zero-order valence-electron chi connectivity index (χ0n) is 52.0. The molecule has 0 spiro atoms. The van der Waals surface area contributed by atoms with E-state index in [9.17, 15) is 14.4 Å². The Morgan fingerprint density at radius 2 is 0.455 bits per heavy atom. The number of carbonyl (C=O) groups excluding carboxylic acids is 3. The Bertz CT molecular complexity index is 1290. The lowest BCUT2D eigenvalue weighted by molar-refractivity contribution is -0.167. The van der Waals surface area contributed by atoms with E-state index in [0.717, 1.165) is 70.6 Å². The van der Waals surface area contributed by atoms with Crippen LogP contribution in [-0.4, -0.2) is 37.2 Å². The summed E-state index contributed by atoms with van der Waals surface area (Å²) in [7, 11) is 0. The fraction of sp³-hybridized carbons (Fsp3) is 0.873. The SMILES string of the molecule is CCC/C=C\CCCCCCCC(=O)OCC(COC(=O)CCCCCCCCCCCCCCCCCCCCC/C=C\CCCCCCCCCC)OC(=O)CCCCCCCCC/C=C\CCCCCCCCC. The second kappa shape index (κ2) is 66.1. The topological polar surface area (TPSA) is 78.9 Å². The van der Waals surface area contributed by atoms with Crippen molar-refractivity contribution in [2.45, 2.75) is 386 Å². The number of esters is 3. The lowest BCUT2D eigenvalue weighted by Crippen LogP contribution is -2.30. The third-order valence-electron chi connectivity index (χ3n) is 15.6. The molecular weight excluding hydrogens is 949 g/mol. The van der Waals surface area contributed by atoms with Gasteiger partial charge in [0.2, 0.25) is 0 Å². The maximum atomic E-state index is 12.9. The average molecular weight is 1080 g/mol. The Morgan fingerprint density at radius 1 is 0.247 bits per heavy atom. The number of ether oxygens (including phenoxy) is 3. The molecule has 0 aromatic rings. The summed E-state index contributed by atoms with van der Waals surface area (Å²) >= 11 is 0. The van der Waals surface area contributed by atoms with Crippen LogP contribution in [-0.2, 0) is 28.6 Å². The van der Waals surface area contributed by atoms with Gasteiger partial charge in [0, 0.05) is 19.3 Å². The predicted octanol–water partition coefficient (Wildman–Crippen LogP) is 23.6. The van der Waals surface area contributed by atoms with Crippen LogP contribution in [0.5, 0.6) is 0 Å².